The van der Waals surface area contributed by atoms with Crippen LogP contribution in [0, 0.1) is 0 Å². The Bertz CT molecular complexity index is 1520. The van der Waals surface area contributed by atoms with Crippen LogP contribution in [0.25, 0.3) is 21.5 Å². The minimum atomic E-state index is -4.22. The molecule has 0 aromatic heterocycles. The Hall–Kier alpha value is -3.38. The van der Waals surface area contributed by atoms with Crippen molar-refractivity contribution in [3.63, 3.8) is 0 Å². The third-order valence-electron chi connectivity index (χ3n) is 4.55. The monoisotopic (exact) mass is 491 g/mol. The Kier molecular flexibility index (Phi) is 7.88. The SMILES string of the molecule is CC.Nc1ccc(N)c2cc(S(=O)(=O)O)ccc12.Nc1cccc2c(S(=O)(=O)O)cccc12. The lowest BCUT2D eigenvalue weighted by Gasteiger charge is -2.06. The molecule has 0 heterocycles. The number of hydrogen-bond acceptors (Lipinski definition) is 7. The van der Waals surface area contributed by atoms with Gasteiger partial charge in [0, 0.05) is 38.6 Å². The first-order valence-electron chi connectivity index (χ1n) is 9.69. The van der Waals surface area contributed by atoms with Gasteiger partial charge < -0.3 is 17.2 Å². The van der Waals surface area contributed by atoms with Gasteiger partial charge in [0.15, 0.2) is 0 Å². The molecule has 0 amide bonds. The van der Waals surface area contributed by atoms with E-state index >= 15 is 0 Å². The highest BCUT2D eigenvalue weighted by Crippen LogP contribution is 2.29. The molecular weight excluding hydrogens is 466 g/mol. The predicted molar refractivity (Wildman–Crippen MR) is 132 cm³/mol. The van der Waals surface area contributed by atoms with Gasteiger partial charge in [-0.1, -0.05) is 44.2 Å². The second kappa shape index (κ2) is 10.0. The molecule has 176 valence electrons. The number of fused-ring (bicyclic) bond motifs is 2. The first-order valence-corrected chi connectivity index (χ1v) is 12.6. The topological polar surface area (TPSA) is 187 Å². The van der Waals surface area contributed by atoms with Crippen LogP contribution < -0.4 is 17.2 Å². The molecule has 4 aromatic carbocycles. The molecule has 4 aromatic rings. The molecule has 9 nitrogen and oxygen atoms in total. The molecule has 0 bridgehead atoms. The molecular formula is C22H25N3O6S2. The maximum atomic E-state index is 11.1. The standard InChI is InChI=1S/C10H10N2O3S.C10H9NO3S.C2H6/c11-9-3-4-10(12)8-5-6(16(13,14)15)1-2-7(8)9;11-9-5-1-4-8-7(9)3-2-6-10(8)15(12,13)14;1-2/h1-5H,11-12H2,(H,13,14,15);1-6H,11H2,(H,12,13,14);1-2H3. The van der Waals surface area contributed by atoms with Gasteiger partial charge in [-0.05, 0) is 36.4 Å². The highest BCUT2D eigenvalue weighted by atomic mass is 32.2. The maximum absolute atomic E-state index is 11.1. The number of nitrogen functional groups attached to an aromatic ring is 3. The van der Waals surface area contributed by atoms with Gasteiger partial charge >= 0.3 is 0 Å². The van der Waals surface area contributed by atoms with Crippen LogP contribution in [0.3, 0.4) is 0 Å². The van der Waals surface area contributed by atoms with E-state index in [2.05, 4.69) is 0 Å². The number of benzene rings is 4. The third kappa shape index (κ3) is 5.90. The molecule has 0 atom stereocenters. The average molecular weight is 492 g/mol. The van der Waals surface area contributed by atoms with E-state index in [0.717, 1.165) is 0 Å². The molecule has 0 aliphatic rings. The molecule has 4 rings (SSSR count). The van der Waals surface area contributed by atoms with Crippen molar-refractivity contribution in [1.29, 1.82) is 0 Å². The van der Waals surface area contributed by atoms with Gasteiger partial charge in [0.2, 0.25) is 0 Å². The number of hydrogen-bond donors (Lipinski definition) is 5. The van der Waals surface area contributed by atoms with Crippen molar-refractivity contribution in [3.05, 3.63) is 66.7 Å². The molecule has 0 radical (unpaired) electrons. The van der Waals surface area contributed by atoms with Gasteiger partial charge in [0.1, 0.15) is 4.90 Å². The number of anilines is 3. The van der Waals surface area contributed by atoms with E-state index in [1.54, 1.807) is 42.5 Å². The first-order chi connectivity index (χ1) is 15.4. The van der Waals surface area contributed by atoms with Crippen molar-refractivity contribution in [1.82, 2.24) is 0 Å². The van der Waals surface area contributed by atoms with Crippen LogP contribution in [0.5, 0.6) is 0 Å². The van der Waals surface area contributed by atoms with E-state index < -0.39 is 20.2 Å². The highest BCUT2D eigenvalue weighted by Gasteiger charge is 2.14. The van der Waals surface area contributed by atoms with Crippen LogP contribution >= 0.6 is 0 Å². The van der Waals surface area contributed by atoms with Gasteiger partial charge in [-0.2, -0.15) is 16.8 Å². The summed E-state index contributed by atoms with van der Waals surface area (Å²) in [5.41, 5.74) is 18.5. The lowest BCUT2D eigenvalue weighted by Crippen LogP contribution is -1.99. The molecule has 0 aliphatic heterocycles. The second-order valence-electron chi connectivity index (χ2n) is 6.60. The predicted octanol–water partition coefficient (Wildman–Crippen LogP) is 3.95. The van der Waals surface area contributed by atoms with Crippen molar-refractivity contribution in [2.75, 3.05) is 17.2 Å². The largest absolute Gasteiger partial charge is 0.398 e. The molecule has 0 saturated heterocycles. The summed E-state index contributed by atoms with van der Waals surface area (Å²) in [5, 5.41) is 2.22. The molecule has 0 fully saturated rings. The summed E-state index contributed by atoms with van der Waals surface area (Å²) in [4.78, 5) is -0.315. The first kappa shape index (κ1) is 25.9. The molecule has 33 heavy (non-hydrogen) atoms. The maximum Gasteiger partial charge on any atom is 0.295 e. The molecule has 11 heteroatoms. The Morgan fingerprint density at radius 3 is 1.64 bits per heavy atom. The minimum absolute atomic E-state index is 0.118. The Morgan fingerprint density at radius 2 is 1.06 bits per heavy atom. The van der Waals surface area contributed by atoms with Crippen molar-refractivity contribution in [2.45, 2.75) is 23.6 Å². The fourth-order valence-electron chi connectivity index (χ4n) is 3.06. The molecule has 0 spiro atoms. The summed E-state index contributed by atoms with van der Waals surface area (Å²) in [6, 6.07) is 16.9. The summed E-state index contributed by atoms with van der Waals surface area (Å²) in [7, 11) is -8.42. The summed E-state index contributed by atoms with van der Waals surface area (Å²) < 4.78 is 62.0. The average Bonchev–Trinajstić information content (AvgIpc) is 2.77. The van der Waals surface area contributed by atoms with Gasteiger partial charge in [-0.15, -0.1) is 0 Å². The van der Waals surface area contributed by atoms with E-state index in [4.69, 9.17) is 26.3 Å². The quantitative estimate of drug-likeness (QED) is 0.204. The summed E-state index contributed by atoms with van der Waals surface area (Å²) in [6.07, 6.45) is 0. The lowest BCUT2D eigenvalue weighted by atomic mass is 10.1. The fourth-order valence-corrected chi connectivity index (χ4v) is 4.28. The van der Waals surface area contributed by atoms with Gasteiger partial charge in [-0.25, -0.2) is 0 Å². The van der Waals surface area contributed by atoms with Crippen LogP contribution in [0.15, 0.2) is 76.5 Å². The Balaban J connectivity index is 0.000000218. The van der Waals surface area contributed by atoms with Gasteiger partial charge in [-0.3, -0.25) is 9.11 Å². The van der Waals surface area contributed by atoms with Crippen LogP contribution in [0.1, 0.15) is 13.8 Å². The van der Waals surface area contributed by atoms with Crippen molar-refractivity contribution in [3.8, 4) is 0 Å². The van der Waals surface area contributed by atoms with Crippen LogP contribution in [0.2, 0.25) is 0 Å². The minimum Gasteiger partial charge on any atom is -0.398 e. The highest BCUT2D eigenvalue weighted by molar-refractivity contribution is 7.86. The number of nitrogens with two attached hydrogens (primary N) is 3. The molecule has 0 unspecified atom stereocenters. The van der Waals surface area contributed by atoms with E-state index in [9.17, 15) is 16.8 Å². The Labute approximate surface area is 192 Å². The normalized spacial score (nSPS) is 11.3. The van der Waals surface area contributed by atoms with E-state index in [1.165, 1.54) is 24.3 Å². The van der Waals surface area contributed by atoms with Gasteiger partial charge in [0.05, 0.1) is 4.90 Å². The van der Waals surface area contributed by atoms with E-state index in [0.29, 0.717) is 38.6 Å². The summed E-state index contributed by atoms with van der Waals surface area (Å²) >= 11 is 0. The Morgan fingerprint density at radius 1 is 0.576 bits per heavy atom. The molecule has 8 N–H and O–H groups in total. The molecule has 0 aliphatic carbocycles. The third-order valence-corrected chi connectivity index (χ3v) is 6.31. The van der Waals surface area contributed by atoms with Crippen LogP contribution in [-0.4, -0.2) is 25.9 Å². The zero-order chi connectivity index (χ0) is 25.0. The van der Waals surface area contributed by atoms with E-state index in [1.807, 2.05) is 13.8 Å². The van der Waals surface area contributed by atoms with Crippen LogP contribution in [-0.2, 0) is 20.2 Å². The summed E-state index contributed by atoms with van der Waals surface area (Å²) in [5.74, 6) is 0. The lowest BCUT2D eigenvalue weighted by molar-refractivity contribution is 0.481. The van der Waals surface area contributed by atoms with Crippen LogP contribution in [0.4, 0.5) is 17.1 Å². The van der Waals surface area contributed by atoms with Crippen molar-refractivity contribution in [2.24, 2.45) is 0 Å². The van der Waals surface area contributed by atoms with E-state index in [-0.39, 0.29) is 9.79 Å². The fraction of sp³-hybridized carbons (Fsp3) is 0.0909. The van der Waals surface area contributed by atoms with Crippen molar-refractivity contribution < 1.29 is 25.9 Å². The smallest absolute Gasteiger partial charge is 0.295 e. The summed E-state index contributed by atoms with van der Waals surface area (Å²) in [6.45, 7) is 4.00. The zero-order valence-electron chi connectivity index (χ0n) is 17.9. The molecule has 0 saturated carbocycles. The zero-order valence-corrected chi connectivity index (χ0v) is 19.6. The van der Waals surface area contributed by atoms with Gasteiger partial charge in [0.25, 0.3) is 20.2 Å². The van der Waals surface area contributed by atoms with Crippen molar-refractivity contribution >= 4 is 58.8 Å². The number of rotatable bonds is 2. The second-order valence-corrected chi connectivity index (χ2v) is 9.41.